The molecule has 6 aromatic carbocycles. The predicted octanol–water partition coefficient (Wildman–Crippen LogP) is 9.48. The molecule has 2 aliphatic rings. The van der Waals surface area contributed by atoms with Gasteiger partial charge in [0, 0.05) is 43.9 Å². The molecule has 8 rings (SSSR count). The molecule has 2 atom stereocenters. The Labute approximate surface area is 390 Å². The molecule has 2 heterocycles. The lowest BCUT2D eigenvalue weighted by Gasteiger charge is -2.25. The van der Waals surface area contributed by atoms with Crippen LogP contribution in [0.5, 0.6) is 5.75 Å². The summed E-state index contributed by atoms with van der Waals surface area (Å²) in [7, 11) is 3.87. The van der Waals surface area contributed by atoms with E-state index in [-0.39, 0.29) is 48.8 Å². The summed E-state index contributed by atoms with van der Waals surface area (Å²) in [4.78, 5) is 56.8. The number of phenolic OH excluding ortho intramolecular Hbond substituents is 1. The molecule has 0 bridgehead atoms. The Balaban J connectivity index is 0.000000211. The Bertz CT molecular complexity index is 2840. The number of aromatic hydroxyl groups is 1. The summed E-state index contributed by atoms with van der Waals surface area (Å²) in [6.07, 6.45) is -10.1. The quantitative estimate of drug-likeness (QED) is 0.105. The SMILES string of the molecule is CN(C)Cc1ccc(CNC(=O)C2c3ccccc3C(=O)N2Cc2cc(C(F)(F)F)cc(C(F)(F)F)c2)cc1.O=C(NCc1ccc(O)cc1)C1c2ccccc2C(=O)N1Cc1ccc(F)c(F)c1. The Morgan fingerprint density at radius 2 is 0.971 bits per heavy atom. The van der Waals surface area contributed by atoms with Gasteiger partial charge in [-0.05, 0) is 108 Å². The maximum atomic E-state index is 13.6. The first kappa shape index (κ1) is 49.3. The summed E-state index contributed by atoms with van der Waals surface area (Å²) in [5.41, 5.74) is 1.09. The first-order valence-corrected chi connectivity index (χ1v) is 21.3. The third-order valence-corrected chi connectivity index (χ3v) is 11.3. The zero-order valence-electron chi connectivity index (χ0n) is 36.8. The van der Waals surface area contributed by atoms with Crippen LogP contribution in [0.2, 0.25) is 0 Å². The molecular formula is C51H43F8N5O5. The molecule has 0 radical (unpaired) electrons. The zero-order valence-corrected chi connectivity index (χ0v) is 36.8. The minimum atomic E-state index is -5.03. The van der Waals surface area contributed by atoms with Gasteiger partial charge in [-0.25, -0.2) is 8.78 Å². The maximum absolute atomic E-state index is 13.6. The summed E-state index contributed by atoms with van der Waals surface area (Å²) in [5.74, 6) is -3.86. The first-order valence-electron chi connectivity index (χ1n) is 21.3. The molecule has 2 aliphatic heterocycles. The number of hydrogen-bond acceptors (Lipinski definition) is 6. The second-order valence-corrected chi connectivity index (χ2v) is 16.7. The molecule has 0 aromatic heterocycles. The van der Waals surface area contributed by atoms with E-state index in [1.54, 1.807) is 54.6 Å². The molecule has 3 N–H and O–H groups in total. The lowest BCUT2D eigenvalue weighted by molar-refractivity contribution is -0.143. The fourth-order valence-electron chi connectivity index (χ4n) is 8.09. The number of halogens is 8. The van der Waals surface area contributed by atoms with Crippen LogP contribution in [0.3, 0.4) is 0 Å². The molecule has 0 saturated heterocycles. The van der Waals surface area contributed by atoms with Gasteiger partial charge in [-0.3, -0.25) is 19.2 Å². The van der Waals surface area contributed by atoms with E-state index in [1.807, 2.05) is 43.3 Å². The van der Waals surface area contributed by atoms with E-state index in [2.05, 4.69) is 10.6 Å². The number of fused-ring (bicyclic) bond motifs is 2. The number of carbonyl (C=O) groups is 4. The van der Waals surface area contributed by atoms with E-state index in [4.69, 9.17) is 0 Å². The maximum Gasteiger partial charge on any atom is 0.416 e. The van der Waals surface area contributed by atoms with E-state index >= 15 is 0 Å². The Hall–Kier alpha value is -7.60. The van der Waals surface area contributed by atoms with Gasteiger partial charge in [0.05, 0.1) is 11.1 Å². The molecule has 18 heteroatoms. The van der Waals surface area contributed by atoms with Crippen LogP contribution < -0.4 is 10.6 Å². The smallest absolute Gasteiger partial charge is 0.416 e. The second-order valence-electron chi connectivity index (χ2n) is 16.7. The largest absolute Gasteiger partial charge is 0.508 e. The number of amides is 4. The monoisotopic (exact) mass is 957 g/mol. The normalized spacial score (nSPS) is 15.4. The Morgan fingerprint density at radius 1 is 0.551 bits per heavy atom. The summed E-state index contributed by atoms with van der Waals surface area (Å²) >= 11 is 0. The van der Waals surface area contributed by atoms with Crippen molar-refractivity contribution >= 4 is 23.6 Å². The third kappa shape index (κ3) is 11.6. The van der Waals surface area contributed by atoms with Crippen molar-refractivity contribution in [3.63, 3.8) is 0 Å². The molecule has 2 unspecified atom stereocenters. The highest BCUT2D eigenvalue weighted by Crippen LogP contribution is 2.40. The van der Waals surface area contributed by atoms with E-state index in [0.717, 1.165) is 40.3 Å². The summed E-state index contributed by atoms with van der Waals surface area (Å²) in [5, 5.41) is 14.9. The van der Waals surface area contributed by atoms with Crippen LogP contribution in [-0.2, 0) is 54.7 Å². The Morgan fingerprint density at radius 3 is 1.42 bits per heavy atom. The molecule has 10 nitrogen and oxygen atoms in total. The summed E-state index contributed by atoms with van der Waals surface area (Å²) in [6.45, 7) is 0.391. The Kier molecular flexibility index (Phi) is 14.5. The van der Waals surface area contributed by atoms with Gasteiger partial charge in [0.15, 0.2) is 11.6 Å². The number of rotatable bonds is 12. The highest BCUT2D eigenvalue weighted by Gasteiger charge is 2.43. The van der Waals surface area contributed by atoms with Crippen molar-refractivity contribution < 1.29 is 59.4 Å². The van der Waals surface area contributed by atoms with Gasteiger partial charge in [-0.2, -0.15) is 26.3 Å². The lowest BCUT2D eigenvalue weighted by Crippen LogP contribution is -2.38. The van der Waals surface area contributed by atoms with E-state index in [1.165, 1.54) is 29.2 Å². The van der Waals surface area contributed by atoms with Crippen LogP contribution >= 0.6 is 0 Å². The molecule has 4 amide bonds. The molecular weight excluding hydrogens is 915 g/mol. The van der Waals surface area contributed by atoms with Crippen LogP contribution in [-0.4, -0.2) is 57.5 Å². The fraction of sp³-hybridized carbons (Fsp3) is 0.216. The van der Waals surface area contributed by atoms with Crippen LogP contribution in [0.4, 0.5) is 35.1 Å². The van der Waals surface area contributed by atoms with Crippen molar-refractivity contribution in [3.05, 3.63) is 206 Å². The number of phenols is 1. The molecule has 6 aromatic rings. The number of nitrogens with one attached hydrogen (secondary N) is 2. The van der Waals surface area contributed by atoms with Crippen molar-refractivity contribution in [2.75, 3.05) is 14.1 Å². The number of carbonyl (C=O) groups excluding carboxylic acids is 4. The highest BCUT2D eigenvalue weighted by molar-refractivity contribution is 6.05. The lowest BCUT2D eigenvalue weighted by atomic mass is 10.0. The van der Waals surface area contributed by atoms with Crippen LogP contribution in [0.15, 0.2) is 133 Å². The zero-order chi connectivity index (χ0) is 49.8. The number of nitrogens with zero attached hydrogens (tertiary/aromatic N) is 3. The minimum Gasteiger partial charge on any atom is -0.508 e. The van der Waals surface area contributed by atoms with Gasteiger partial charge in [0.25, 0.3) is 11.8 Å². The van der Waals surface area contributed by atoms with E-state index in [9.17, 15) is 59.4 Å². The molecule has 0 aliphatic carbocycles. The minimum absolute atomic E-state index is 0.0259. The van der Waals surface area contributed by atoms with Gasteiger partial charge in [-0.1, -0.05) is 78.9 Å². The van der Waals surface area contributed by atoms with Crippen LogP contribution in [0, 0.1) is 11.6 Å². The fourth-order valence-corrected chi connectivity index (χ4v) is 8.09. The van der Waals surface area contributed by atoms with Gasteiger partial charge in [0.1, 0.15) is 17.8 Å². The third-order valence-electron chi connectivity index (χ3n) is 11.3. The molecule has 0 fully saturated rings. The molecule has 69 heavy (non-hydrogen) atoms. The van der Waals surface area contributed by atoms with Gasteiger partial charge in [-0.15, -0.1) is 0 Å². The summed E-state index contributed by atoms with van der Waals surface area (Å²) in [6, 6.07) is 29.3. The molecule has 0 saturated carbocycles. The van der Waals surface area contributed by atoms with Crippen LogP contribution in [0.25, 0.3) is 0 Å². The predicted molar refractivity (Wildman–Crippen MR) is 237 cm³/mol. The van der Waals surface area contributed by atoms with Gasteiger partial charge < -0.3 is 30.4 Å². The van der Waals surface area contributed by atoms with Crippen molar-refractivity contribution in [3.8, 4) is 5.75 Å². The van der Waals surface area contributed by atoms with Crippen molar-refractivity contribution in [1.82, 2.24) is 25.3 Å². The van der Waals surface area contributed by atoms with Crippen molar-refractivity contribution in [2.45, 2.75) is 57.2 Å². The topological polar surface area (TPSA) is 122 Å². The second kappa shape index (κ2) is 20.3. The molecule has 358 valence electrons. The van der Waals surface area contributed by atoms with Crippen molar-refractivity contribution in [1.29, 1.82) is 0 Å². The average molecular weight is 958 g/mol. The van der Waals surface area contributed by atoms with Crippen molar-refractivity contribution in [2.24, 2.45) is 0 Å². The average Bonchev–Trinajstić information content (AvgIpc) is 3.74. The first-order chi connectivity index (χ1) is 32.7. The summed E-state index contributed by atoms with van der Waals surface area (Å²) < 4.78 is 107. The number of benzene rings is 6. The van der Waals surface area contributed by atoms with Gasteiger partial charge in [0.2, 0.25) is 11.8 Å². The van der Waals surface area contributed by atoms with Gasteiger partial charge >= 0.3 is 12.4 Å². The molecule has 0 spiro atoms. The number of hydrogen-bond donors (Lipinski definition) is 3. The van der Waals surface area contributed by atoms with E-state index in [0.29, 0.717) is 34.4 Å². The highest BCUT2D eigenvalue weighted by atomic mass is 19.4. The standard InChI is InChI=1S/C28H25F6N3O2.C23H18F2N2O3/c1-36(2)15-18-9-7-17(8-10-18)14-35-25(38)24-22-5-3-4-6-23(22)26(39)37(24)16-19-11-20(27(29,30)31)13-21(12-19)28(32,33)34;24-19-10-7-15(11-20(19)25)13-27-21(17-3-1-2-4-18(17)23(27)30)22(29)26-12-14-5-8-16(28)9-6-14/h3-13,24H,14-16H2,1-2H3,(H,35,38);1-11,21,28H,12-13H2,(H,26,29). The van der Waals surface area contributed by atoms with E-state index < -0.39 is 71.1 Å². The van der Waals surface area contributed by atoms with Crippen LogP contribution in [0.1, 0.15) is 82.9 Å². The number of alkyl halides is 6.